The van der Waals surface area contributed by atoms with Crippen molar-refractivity contribution in [1.29, 1.82) is 5.26 Å². The number of hydrogen-bond acceptors (Lipinski definition) is 6. The van der Waals surface area contributed by atoms with Crippen LogP contribution in [0.25, 0.3) is 11.3 Å². The van der Waals surface area contributed by atoms with Gasteiger partial charge in [-0.25, -0.2) is 9.97 Å². The molecule has 2 heterocycles. The largest absolute Gasteiger partial charge is 0.391 e. The number of aliphatic hydroxyl groups is 1. The van der Waals surface area contributed by atoms with Gasteiger partial charge >= 0.3 is 0 Å². The zero-order valence-corrected chi connectivity index (χ0v) is 12.9. The van der Waals surface area contributed by atoms with E-state index in [-0.39, 0.29) is 18.5 Å². The Bertz CT molecular complexity index is 714. The van der Waals surface area contributed by atoms with Crippen molar-refractivity contribution in [2.75, 3.05) is 5.73 Å². The number of hydrogen-bond donors (Lipinski definition) is 2. The first-order valence-corrected chi connectivity index (χ1v) is 7.86. The smallest absolute Gasteiger partial charge is 0.132 e. The van der Waals surface area contributed by atoms with E-state index < -0.39 is 0 Å². The second-order valence-corrected chi connectivity index (χ2v) is 5.93. The lowest BCUT2D eigenvalue weighted by Crippen LogP contribution is -2.17. The third-order valence-corrected chi connectivity index (χ3v) is 4.60. The van der Waals surface area contributed by atoms with Crippen molar-refractivity contribution in [2.24, 2.45) is 5.92 Å². The van der Waals surface area contributed by atoms with Crippen LogP contribution in [-0.4, -0.2) is 24.9 Å². The molecule has 1 atom stereocenters. The van der Waals surface area contributed by atoms with Gasteiger partial charge in [-0.15, -0.1) is 0 Å². The number of anilines is 1. The van der Waals surface area contributed by atoms with Crippen molar-refractivity contribution in [2.45, 2.75) is 44.8 Å². The molecule has 3 N–H and O–H groups in total. The lowest BCUT2D eigenvalue weighted by atomic mass is 9.96. The molecular formula is C16H20N6O. The molecule has 1 saturated carbocycles. The van der Waals surface area contributed by atoms with Crippen molar-refractivity contribution in [3.05, 3.63) is 24.3 Å². The van der Waals surface area contributed by atoms with E-state index in [0.29, 0.717) is 23.6 Å². The van der Waals surface area contributed by atoms with Crippen LogP contribution in [0.15, 0.2) is 18.7 Å². The highest BCUT2D eigenvalue weighted by molar-refractivity contribution is 5.65. The maximum absolute atomic E-state index is 9.50. The van der Waals surface area contributed by atoms with E-state index in [9.17, 15) is 5.11 Å². The number of nitrogens with zero attached hydrogens (tertiary/aromatic N) is 5. The van der Waals surface area contributed by atoms with Gasteiger partial charge in [0.15, 0.2) is 0 Å². The number of nitrogen functional groups attached to an aromatic ring is 1. The standard InChI is InChI=1S/C16H20N6O/c17-6-5-14(11-3-1-2-4-11)22-8-12(7-21-22)15-13(9-23)16(18)20-10-19-15/h7-8,10-11,14,23H,1-5,9H2,(H2,18,19,20)/t14-/m1/s1. The summed E-state index contributed by atoms with van der Waals surface area (Å²) in [6, 6.07) is 2.37. The Hall–Kier alpha value is -2.46. The zero-order chi connectivity index (χ0) is 16.2. The Morgan fingerprint density at radius 1 is 1.39 bits per heavy atom. The van der Waals surface area contributed by atoms with E-state index >= 15 is 0 Å². The molecule has 2 aromatic rings. The molecule has 0 bridgehead atoms. The molecule has 0 aromatic carbocycles. The lowest BCUT2D eigenvalue weighted by Gasteiger charge is -2.21. The number of rotatable bonds is 5. The van der Waals surface area contributed by atoms with Crippen molar-refractivity contribution in [1.82, 2.24) is 19.7 Å². The summed E-state index contributed by atoms with van der Waals surface area (Å²) >= 11 is 0. The molecule has 0 aliphatic heterocycles. The van der Waals surface area contributed by atoms with Gasteiger partial charge in [-0.1, -0.05) is 12.8 Å². The van der Waals surface area contributed by atoms with Gasteiger partial charge in [0, 0.05) is 17.3 Å². The van der Waals surface area contributed by atoms with Crippen LogP contribution in [0.1, 0.15) is 43.7 Å². The summed E-state index contributed by atoms with van der Waals surface area (Å²) in [6.45, 7) is -0.225. The monoisotopic (exact) mass is 312 g/mol. The molecule has 1 aliphatic rings. The fraction of sp³-hybridized carbons (Fsp3) is 0.500. The molecule has 2 aromatic heterocycles. The average molecular weight is 312 g/mol. The number of aromatic nitrogens is 4. The first kappa shape index (κ1) is 15.4. The van der Waals surface area contributed by atoms with Gasteiger partial charge in [-0.2, -0.15) is 10.4 Å². The van der Waals surface area contributed by atoms with Gasteiger partial charge in [0.1, 0.15) is 12.1 Å². The van der Waals surface area contributed by atoms with Crippen LogP contribution in [0.2, 0.25) is 0 Å². The minimum Gasteiger partial charge on any atom is -0.391 e. The Labute approximate surface area is 134 Å². The fourth-order valence-corrected chi connectivity index (χ4v) is 3.38. The first-order valence-electron chi connectivity index (χ1n) is 7.86. The van der Waals surface area contributed by atoms with E-state index in [4.69, 9.17) is 11.0 Å². The predicted molar refractivity (Wildman–Crippen MR) is 84.8 cm³/mol. The molecule has 23 heavy (non-hydrogen) atoms. The first-order chi connectivity index (χ1) is 11.2. The van der Waals surface area contributed by atoms with E-state index in [2.05, 4.69) is 21.1 Å². The number of nitriles is 1. The SMILES string of the molecule is N#CC[C@H](C1CCCC1)n1cc(-c2ncnc(N)c2CO)cn1. The summed E-state index contributed by atoms with van der Waals surface area (Å²) in [5.74, 6) is 0.768. The molecule has 0 spiro atoms. The van der Waals surface area contributed by atoms with E-state index in [1.165, 1.54) is 19.2 Å². The second kappa shape index (κ2) is 6.75. The summed E-state index contributed by atoms with van der Waals surface area (Å²) in [7, 11) is 0. The highest BCUT2D eigenvalue weighted by Gasteiger charge is 2.27. The van der Waals surface area contributed by atoms with Crippen LogP contribution < -0.4 is 5.73 Å². The summed E-state index contributed by atoms with van der Waals surface area (Å²) in [5, 5.41) is 23.1. The average Bonchev–Trinajstić information content (AvgIpc) is 3.24. The second-order valence-electron chi connectivity index (χ2n) is 5.93. The quantitative estimate of drug-likeness (QED) is 0.873. The van der Waals surface area contributed by atoms with Crippen molar-refractivity contribution in [3.8, 4) is 17.3 Å². The van der Waals surface area contributed by atoms with Gasteiger partial charge in [0.2, 0.25) is 0 Å². The van der Waals surface area contributed by atoms with E-state index in [1.54, 1.807) is 6.20 Å². The molecule has 0 saturated heterocycles. The molecule has 0 unspecified atom stereocenters. The van der Waals surface area contributed by atoms with Crippen LogP contribution in [-0.2, 0) is 6.61 Å². The molecule has 7 heteroatoms. The maximum atomic E-state index is 9.50. The Morgan fingerprint density at radius 2 is 2.17 bits per heavy atom. The summed E-state index contributed by atoms with van der Waals surface area (Å²) in [4.78, 5) is 8.13. The van der Waals surface area contributed by atoms with Gasteiger partial charge in [0.25, 0.3) is 0 Å². The molecule has 0 radical (unpaired) electrons. The van der Waals surface area contributed by atoms with Crippen molar-refractivity contribution < 1.29 is 5.11 Å². The van der Waals surface area contributed by atoms with E-state index in [1.807, 2.05) is 10.9 Å². The molecular weight excluding hydrogens is 292 g/mol. The highest BCUT2D eigenvalue weighted by Crippen LogP contribution is 2.36. The minimum atomic E-state index is -0.225. The molecule has 1 fully saturated rings. The van der Waals surface area contributed by atoms with E-state index in [0.717, 1.165) is 18.4 Å². The Kier molecular flexibility index (Phi) is 4.53. The zero-order valence-electron chi connectivity index (χ0n) is 12.9. The molecule has 120 valence electrons. The minimum absolute atomic E-state index is 0.0908. The van der Waals surface area contributed by atoms with Gasteiger partial charge < -0.3 is 10.8 Å². The van der Waals surface area contributed by atoms with Crippen molar-refractivity contribution in [3.63, 3.8) is 0 Å². The summed E-state index contributed by atoms with van der Waals surface area (Å²) in [6.07, 6.45) is 10.2. The highest BCUT2D eigenvalue weighted by atomic mass is 16.3. The van der Waals surface area contributed by atoms with Crippen molar-refractivity contribution >= 4 is 5.82 Å². The number of aliphatic hydroxyl groups excluding tert-OH is 1. The van der Waals surface area contributed by atoms with Crippen LogP contribution in [0, 0.1) is 17.2 Å². The fourth-order valence-electron chi connectivity index (χ4n) is 3.38. The molecule has 3 rings (SSSR count). The van der Waals surface area contributed by atoms with Crippen LogP contribution in [0.3, 0.4) is 0 Å². The normalized spacial score (nSPS) is 16.3. The summed E-state index contributed by atoms with van der Waals surface area (Å²) in [5.41, 5.74) is 7.68. The maximum Gasteiger partial charge on any atom is 0.132 e. The van der Waals surface area contributed by atoms with Crippen LogP contribution in [0.5, 0.6) is 0 Å². The third-order valence-electron chi connectivity index (χ3n) is 4.60. The third kappa shape index (κ3) is 3.03. The topological polar surface area (TPSA) is 114 Å². The van der Waals surface area contributed by atoms with Crippen LogP contribution in [0.4, 0.5) is 5.82 Å². The van der Waals surface area contributed by atoms with Gasteiger partial charge in [-0.3, -0.25) is 4.68 Å². The Balaban J connectivity index is 1.93. The van der Waals surface area contributed by atoms with Gasteiger partial charge in [0.05, 0.1) is 37.0 Å². The Morgan fingerprint density at radius 3 is 2.87 bits per heavy atom. The molecule has 1 aliphatic carbocycles. The summed E-state index contributed by atoms with van der Waals surface area (Å²) < 4.78 is 1.87. The molecule has 7 nitrogen and oxygen atoms in total. The number of nitrogens with two attached hydrogens (primary N) is 1. The van der Waals surface area contributed by atoms with Crippen LogP contribution >= 0.6 is 0 Å². The predicted octanol–water partition coefficient (Wildman–Crippen LogP) is 2.06. The molecule has 0 amide bonds. The van der Waals surface area contributed by atoms with Gasteiger partial charge in [-0.05, 0) is 18.8 Å². The lowest BCUT2D eigenvalue weighted by molar-refractivity contribution is 0.282.